The molecule has 7 rings (SSSR count). The highest BCUT2D eigenvalue weighted by molar-refractivity contribution is 7.17. The van der Waals surface area contributed by atoms with Crippen molar-refractivity contribution in [2.45, 2.75) is 39.3 Å². The van der Waals surface area contributed by atoms with Gasteiger partial charge in [0.2, 0.25) is 0 Å². The van der Waals surface area contributed by atoms with Crippen LogP contribution in [0.5, 0.6) is 0 Å². The number of nitrogens with one attached hydrogen (secondary N) is 4. The summed E-state index contributed by atoms with van der Waals surface area (Å²) in [5.74, 6) is 0.716. The molecule has 1 unspecified atom stereocenters. The minimum Gasteiger partial charge on any atom is -0.464 e. The van der Waals surface area contributed by atoms with Crippen LogP contribution in [0.25, 0.3) is 10.8 Å². The number of piperazine rings is 1. The van der Waals surface area contributed by atoms with Crippen molar-refractivity contribution < 1.29 is 23.9 Å². The fourth-order valence-electron chi connectivity index (χ4n) is 6.69. The van der Waals surface area contributed by atoms with Crippen molar-refractivity contribution in [2.75, 3.05) is 77.8 Å². The van der Waals surface area contributed by atoms with Crippen LogP contribution in [0.2, 0.25) is 5.02 Å². The third-order valence-electron chi connectivity index (χ3n) is 9.57. The molecule has 6 N–H and O–H groups in total. The van der Waals surface area contributed by atoms with E-state index in [0.29, 0.717) is 44.6 Å². The number of amides is 1. The standard InChI is InChI=1S/C39H43ClN10O5S/c1-23-6-4-8-26(40)36(23)46-37(53)30-21-42-38(56-30)45-31-20-32(44-24(2)43-31)50-16-14-49(15-17-50)18-19-54-33(51)12-13-34(52)55-22-39(3)47-28-9-5-7-25-27(41)10-11-29(48-39)35(25)28/h4-11,20-21,47-48H,12-19,22,41H2,1-3H3,(H,46,53)(H,42,43,44,45). The van der Waals surface area contributed by atoms with Gasteiger partial charge in [-0.15, -0.1) is 0 Å². The van der Waals surface area contributed by atoms with Gasteiger partial charge in [0.1, 0.15) is 41.2 Å². The number of esters is 2. The molecule has 17 heteroatoms. The van der Waals surface area contributed by atoms with Gasteiger partial charge in [0, 0.05) is 66.6 Å². The molecule has 0 bridgehead atoms. The van der Waals surface area contributed by atoms with E-state index in [4.69, 9.17) is 26.8 Å². The third-order valence-corrected chi connectivity index (χ3v) is 10.8. The number of aryl methyl sites for hydroxylation is 2. The van der Waals surface area contributed by atoms with Gasteiger partial charge in [0.05, 0.1) is 29.7 Å². The number of para-hydroxylation sites is 1. The molecule has 2 aromatic heterocycles. The number of rotatable bonds is 13. The Balaban J connectivity index is 0.811. The zero-order valence-electron chi connectivity index (χ0n) is 31.3. The largest absolute Gasteiger partial charge is 0.464 e. The lowest BCUT2D eigenvalue weighted by Gasteiger charge is -2.38. The summed E-state index contributed by atoms with van der Waals surface area (Å²) >= 11 is 7.49. The molecule has 1 atom stereocenters. The van der Waals surface area contributed by atoms with Crippen LogP contribution in [0.15, 0.2) is 60.8 Å². The number of ether oxygens (including phenoxy) is 2. The number of thiazole rings is 1. The fraction of sp³-hybridized carbons (Fsp3) is 0.333. The first-order valence-electron chi connectivity index (χ1n) is 18.2. The van der Waals surface area contributed by atoms with Crippen LogP contribution < -0.4 is 31.9 Å². The summed E-state index contributed by atoms with van der Waals surface area (Å²) in [4.78, 5) is 56.3. The molecular weight excluding hydrogens is 756 g/mol. The molecule has 0 aliphatic carbocycles. The zero-order valence-corrected chi connectivity index (χ0v) is 32.9. The number of nitrogens with two attached hydrogens (primary N) is 1. The van der Waals surface area contributed by atoms with Crippen LogP contribution in [-0.2, 0) is 19.1 Å². The number of carbonyl (C=O) groups excluding carboxylic acids is 3. The first-order chi connectivity index (χ1) is 26.9. The minimum absolute atomic E-state index is 0.0535. The molecule has 1 fully saturated rings. The number of hydrogen-bond acceptors (Lipinski definition) is 15. The van der Waals surface area contributed by atoms with E-state index < -0.39 is 17.6 Å². The summed E-state index contributed by atoms with van der Waals surface area (Å²) in [5, 5.41) is 15.8. The van der Waals surface area contributed by atoms with Gasteiger partial charge in [-0.3, -0.25) is 19.3 Å². The van der Waals surface area contributed by atoms with Gasteiger partial charge >= 0.3 is 11.9 Å². The predicted molar refractivity (Wildman–Crippen MR) is 220 cm³/mol. The van der Waals surface area contributed by atoms with Crippen LogP contribution in [0.3, 0.4) is 0 Å². The minimum atomic E-state index is -0.742. The van der Waals surface area contributed by atoms with E-state index >= 15 is 0 Å². The van der Waals surface area contributed by atoms with Crippen molar-refractivity contribution in [2.24, 2.45) is 0 Å². The lowest BCUT2D eigenvalue weighted by molar-refractivity contribution is -0.151. The molecule has 3 aromatic carbocycles. The summed E-state index contributed by atoms with van der Waals surface area (Å²) in [6.07, 6.45) is 1.38. The molecular formula is C39H43ClN10O5S. The Morgan fingerprint density at radius 2 is 1.70 bits per heavy atom. The Kier molecular flexibility index (Phi) is 11.4. The van der Waals surface area contributed by atoms with E-state index in [-0.39, 0.29) is 32.0 Å². The van der Waals surface area contributed by atoms with Crippen LogP contribution in [-0.4, -0.2) is 89.3 Å². The van der Waals surface area contributed by atoms with Crippen LogP contribution in [0.1, 0.15) is 40.8 Å². The van der Waals surface area contributed by atoms with E-state index in [1.807, 2.05) is 69.3 Å². The lowest BCUT2D eigenvalue weighted by Crippen LogP contribution is -2.49. The van der Waals surface area contributed by atoms with Crippen molar-refractivity contribution >= 4 is 91.1 Å². The first kappa shape index (κ1) is 38.6. The maximum absolute atomic E-state index is 12.9. The van der Waals surface area contributed by atoms with Crippen LogP contribution in [0, 0.1) is 13.8 Å². The van der Waals surface area contributed by atoms with Gasteiger partial charge in [0.25, 0.3) is 5.91 Å². The van der Waals surface area contributed by atoms with Gasteiger partial charge < -0.3 is 41.4 Å². The van der Waals surface area contributed by atoms with Crippen LogP contribution >= 0.6 is 22.9 Å². The summed E-state index contributed by atoms with van der Waals surface area (Å²) in [6.45, 7) is 9.40. The van der Waals surface area contributed by atoms with Crippen molar-refractivity contribution in [3.63, 3.8) is 0 Å². The highest BCUT2D eigenvalue weighted by atomic mass is 35.5. The summed E-state index contributed by atoms with van der Waals surface area (Å²) in [5.41, 5.74) is 9.34. The third kappa shape index (κ3) is 9.04. The normalized spacial score (nSPS) is 16.5. The molecule has 1 saturated heterocycles. The summed E-state index contributed by atoms with van der Waals surface area (Å²) in [7, 11) is 0. The van der Waals surface area contributed by atoms with Gasteiger partial charge in [0.15, 0.2) is 5.13 Å². The topological polar surface area (TPSA) is 189 Å². The van der Waals surface area contributed by atoms with Gasteiger partial charge in [-0.1, -0.05) is 47.2 Å². The quantitative estimate of drug-likeness (QED) is 0.0671. The maximum Gasteiger partial charge on any atom is 0.306 e. The Morgan fingerprint density at radius 1 is 0.964 bits per heavy atom. The number of carbonyl (C=O) groups is 3. The Bertz CT molecular complexity index is 2250. The van der Waals surface area contributed by atoms with E-state index in [0.717, 1.165) is 59.7 Å². The Labute approximate surface area is 332 Å². The molecule has 292 valence electrons. The number of aromatic nitrogens is 3. The van der Waals surface area contributed by atoms with Gasteiger partial charge in [-0.2, -0.15) is 0 Å². The molecule has 2 aliphatic rings. The molecule has 0 radical (unpaired) electrons. The van der Waals surface area contributed by atoms with Crippen molar-refractivity contribution in [3.05, 3.63) is 82.1 Å². The van der Waals surface area contributed by atoms with Crippen molar-refractivity contribution in [1.29, 1.82) is 0 Å². The fourth-order valence-corrected chi connectivity index (χ4v) is 7.68. The second-order valence-electron chi connectivity index (χ2n) is 13.9. The predicted octanol–water partition coefficient (Wildman–Crippen LogP) is 6.18. The zero-order chi connectivity index (χ0) is 39.4. The second-order valence-corrected chi connectivity index (χ2v) is 15.4. The highest BCUT2D eigenvalue weighted by Gasteiger charge is 2.32. The molecule has 2 aliphatic heterocycles. The van der Waals surface area contributed by atoms with E-state index in [1.54, 1.807) is 6.07 Å². The Hall–Kier alpha value is -5.71. The summed E-state index contributed by atoms with van der Waals surface area (Å²) < 4.78 is 11.0. The number of nitrogens with zero attached hydrogens (tertiary/aromatic N) is 5. The van der Waals surface area contributed by atoms with Gasteiger partial charge in [-0.05, 0) is 50.6 Å². The lowest BCUT2D eigenvalue weighted by atomic mass is 9.99. The maximum atomic E-state index is 12.9. The van der Waals surface area contributed by atoms with Crippen molar-refractivity contribution in [3.8, 4) is 0 Å². The smallest absolute Gasteiger partial charge is 0.306 e. The van der Waals surface area contributed by atoms with Gasteiger partial charge in [-0.25, -0.2) is 15.0 Å². The molecule has 5 aromatic rings. The number of benzene rings is 3. The summed E-state index contributed by atoms with van der Waals surface area (Å²) in [6, 6.07) is 16.9. The molecule has 1 amide bonds. The first-order valence-corrected chi connectivity index (χ1v) is 19.4. The molecule has 56 heavy (non-hydrogen) atoms. The van der Waals surface area contributed by atoms with E-state index in [2.05, 4.69) is 46.0 Å². The van der Waals surface area contributed by atoms with E-state index in [1.165, 1.54) is 17.5 Å². The van der Waals surface area contributed by atoms with E-state index in [9.17, 15) is 14.4 Å². The highest BCUT2D eigenvalue weighted by Crippen LogP contribution is 2.40. The average Bonchev–Trinajstić information content (AvgIpc) is 3.64. The molecule has 0 spiro atoms. The Morgan fingerprint density at radius 3 is 2.46 bits per heavy atom. The molecule has 4 heterocycles. The molecule has 0 saturated carbocycles. The number of hydrogen-bond donors (Lipinski definition) is 5. The molecule has 15 nitrogen and oxygen atoms in total. The van der Waals surface area contributed by atoms with Crippen molar-refractivity contribution in [1.82, 2.24) is 19.9 Å². The average molecular weight is 799 g/mol. The monoisotopic (exact) mass is 798 g/mol. The number of anilines is 7. The number of nitrogen functional groups attached to an aromatic ring is 1. The van der Waals surface area contributed by atoms with Crippen LogP contribution in [0.4, 0.5) is 39.5 Å². The second kappa shape index (κ2) is 16.6. The SMILES string of the molecule is Cc1nc(Nc2ncc(C(=O)Nc3c(C)cccc3Cl)s2)cc(N2CCN(CCOC(=O)CCC(=O)OCC3(C)Nc4cccc5c(N)ccc(c45)N3)CC2)n1. The number of halogens is 1.